The monoisotopic (exact) mass is 260 g/mol. The topological polar surface area (TPSA) is 26.7 Å². The molecule has 2 unspecified atom stereocenters. The fourth-order valence-electron chi connectivity index (χ4n) is 3.65. The molecule has 1 aliphatic heterocycles. The second-order valence-electron chi connectivity index (χ2n) is 5.98. The number of hydrogen-bond donors (Lipinski definition) is 1. The molecule has 0 aromatic heterocycles. The van der Waals surface area contributed by atoms with Crippen LogP contribution in [0.15, 0.2) is 18.2 Å². The van der Waals surface area contributed by atoms with E-state index in [0.29, 0.717) is 17.8 Å². The van der Waals surface area contributed by atoms with Crippen LogP contribution in [0.1, 0.15) is 36.9 Å². The van der Waals surface area contributed by atoms with Gasteiger partial charge in [-0.3, -0.25) is 4.90 Å². The first-order chi connectivity index (χ1) is 9.19. The van der Waals surface area contributed by atoms with Gasteiger partial charge in [-0.05, 0) is 49.6 Å². The molecular weight excluding hydrogens is 236 g/mol. The molecule has 1 fully saturated rings. The van der Waals surface area contributed by atoms with Crippen LogP contribution in [0.25, 0.3) is 0 Å². The summed E-state index contributed by atoms with van der Waals surface area (Å²) in [6, 6.07) is 7.17. The quantitative estimate of drug-likeness (QED) is 0.884. The first kappa shape index (κ1) is 12.9. The molecule has 19 heavy (non-hydrogen) atoms. The predicted molar refractivity (Wildman–Crippen MR) is 77.5 cm³/mol. The van der Waals surface area contributed by atoms with Crippen molar-refractivity contribution in [1.29, 1.82) is 0 Å². The summed E-state index contributed by atoms with van der Waals surface area (Å²) in [5, 5.41) is 9.59. The molecule has 0 radical (unpaired) electrons. The highest BCUT2D eigenvalue weighted by atomic mass is 16.3. The van der Waals surface area contributed by atoms with Crippen molar-refractivity contribution in [3.05, 3.63) is 29.3 Å². The van der Waals surface area contributed by atoms with Crippen molar-refractivity contribution in [3.8, 4) is 5.75 Å². The van der Waals surface area contributed by atoms with Crippen LogP contribution in [0.3, 0.4) is 0 Å². The Morgan fingerprint density at radius 1 is 1.32 bits per heavy atom. The Balaban J connectivity index is 1.78. The number of phenols is 1. The SMILES string of the molecule is CCC1CN(C2CCc3cc(O)ccc32)CCN1C. The molecular formula is C16H24N2O. The lowest BCUT2D eigenvalue weighted by molar-refractivity contribution is 0.0623. The zero-order chi connectivity index (χ0) is 13.4. The van der Waals surface area contributed by atoms with E-state index < -0.39 is 0 Å². The van der Waals surface area contributed by atoms with Crippen molar-refractivity contribution in [3.63, 3.8) is 0 Å². The third-order valence-electron chi connectivity index (χ3n) is 4.89. The molecule has 0 saturated carbocycles. The minimum Gasteiger partial charge on any atom is -0.508 e. The molecule has 3 heteroatoms. The maximum atomic E-state index is 9.59. The van der Waals surface area contributed by atoms with E-state index in [2.05, 4.69) is 29.8 Å². The van der Waals surface area contributed by atoms with Crippen molar-refractivity contribution in [2.24, 2.45) is 0 Å². The zero-order valence-corrected chi connectivity index (χ0v) is 12.0. The molecule has 0 spiro atoms. The number of aryl methyl sites for hydroxylation is 1. The van der Waals surface area contributed by atoms with Gasteiger partial charge in [-0.15, -0.1) is 0 Å². The van der Waals surface area contributed by atoms with Crippen LogP contribution in [0, 0.1) is 0 Å². The average molecular weight is 260 g/mol. The lowest BCUT2D eigenvalue weighted by Crippen LogP contribution is -2.51. The van der Waals surface area contributed by atoms with Gasteiger partial charge in [0.15, 0.2) is 0 Å². The highest BCUT2D eigenvalue weighted by Gasteiger charge is 2.32. The van der Waals surface area contributed by atoms with E-state index in [4.69, 9.17) is 0 Å². The van der Waals surface area contributed by atoms with Crippen molar-refractivity contribution >= 4 is 0 Å². The van der Waals surface area contributed by atoms with E-state index in [1.807, 2.05) is 12.1 Å². The summed E-state index contributed by atoms with van der Waals surface area (Å²) in [6.07, 6.45) is 3.54. The summed E-state index contributed by atoms with van der Waals surface area (Å²) in [5.74, 6) is 0.407. The Hall–Kier alpha value is -1.06. The number of fused-ring (bicyclic) bond motifs is 1. The first-order valence-electron chi connectivity index (χ1n) is 7.45. The third kappa shape index (κ3) is 2.37. The summed E-state index contributed by atoms with van der Waals surface area (Å²) < 4.78 is 0. The maximum Gasteiger partial charge on any atom is 0.115 e. The van der Waals surface area contributed by atoms with Crippen LogP contribution >= 0.6 is 0 Å². The molecule has 1 aromatic carbocycles. The predicted octanol–water partition coefficient (Wildman–Crippen LogP) is 2.41. The van der Waals surface area contributed by atoms with E-state index in [1.165, 1.54) is 37.1 Å². The fraction of sp³-hybridized carbons (Fsp3) is 0.625. The third-order valence-corrected chi connectivity index (χ3v) is 4.89. The Morgan fingerprint density at radius 2 is 2.16 bits per heavy atom. The van der Waals surface area contributed by atoms with E-state index in [0.717, 1.165) is 13.0 Å². The Labute approximate surface area is 115 Å². The van der Waals surface area contributed by atoms with Crippen LogP contribution in [0.5, 0.6) is 5.75 Å². The number of hydrogen-bond acceptors (Lipinski definition) is 3. The molecule has 2 atom stereocenters. The van der Waals surface area contributed by atoms with Crippen LogP contribution in [-0.2, 0) is 6.42 Å². The van der Waals surface area contributed by atoms with Gasteiger partial charge in [0.05, 0.1) is 0 Å². The van der Waals surface area contributed by atoms with Gasteiger partial charge in [0, 0.05) is 31.7 Å². The summed E-state index contributed by atoms with van der Waals surface area (Å²) in [5.41, 5.74) is 2.79. The van der Waals surface area contributed by atoms with Gasteiger partial charge in [0.25, 0.3) is 0 Å². The zero-order valence-electron chi connectivity index (χ0n) is 12.0. The normalized spacial score (nSPS) is 28.5. The average Bonchev–Trinajstić information content (AvgIpc) is 2.82. The lowest BCUT2D eigenvalue weighted by atomic mass is 10.0. The summed E-state index contributed by atoms with van der Waals surface area (Å²) >= 11 is 0. The molecule has 1 N–H and O–H groups in total. The number of phenolic OH excluding ortho intramolecular Hbond substituents is 1. The summed E-state index contributed by atoms with van der Waals surface area (Å²) in [6.45, 7) is 5.80. The summed E-state index contributed by atoms with van der Waals surface area (Å²) in [7, 11) is 2.24. The molecule has 104 valence electrons. The standard InChI is InChI=1S/C16H24N2O/c1-3-13-11-18(9-8-17(13)2)16-7-4-12-10-14(19)5-6-15(12)16/h5-6,10,13,16,19H,3-4,7-9,11H2,1-2H3. The van der Waals surface area contributed by atoms with Gasteiger partial charge in [0.1, 0.15) is 5.75 Å². The Kier molecular flexibility index (Phi) is 3.50. The van der Waals surface area contributed by atoms with Crippen molar-refractivity contribution < 1.29 is 5.11 Å². The second-order valence-corrected chi connectivity index (χ2v) is 5.98. The van der Waals surface area contributed by atoms with Gasteiger partial charge < -0.3 is 10.0 Å². The molecule has 1 aliphatic carbocycles. The molecule has 3 nitrogen and oxygen atoms in total. The molecule has 1 heterocycles. The van der Waals surface area contributed by atoms with E-state index in [9.17, 15) is 5.11 Å². The highest BCUT2D eigenvalue weighted by Crippen LogP contribution is 2.38. The molecule has 1 aromatic rings. The van der Waals surface area contributed by atoms with Crippen molar-refractivity contribution in [2.45, 2.75) is 38.3 Å². The maximum absolute atomic E-state index is 9.59. The van der Waals surface area contributed by atoms with E-state index >= 15 is 0 Å². The minimum absolute atomic E-state index is 0.407. The summed E-state index contributed by atoms with van der Waals surface area (Å²) in [4.78, 5) is 5.14. The van der Waals surface area contributed by atoms with Gasteiger partial charge in [-0.25, -0.2) is 0 Å². The van der Waals surface area contributed by atoms with Gasteiger partial charge in [0.2, 0.25) is 0 Å². The van der Waals surface area contributed by atoms with Crippen LogP contribution in [0.2, 0.25) is 0 Å². The molecule has 0 bridgehead atoms. The largest absolute Gasteiger partial charge is 0.508 e. The molecule has 2 aliphatic rings. The first-order valence-corrected chi connectivity index (χ1v) is 7.45. The Bertz CT molecular complexity index is 460. The van der Waals surface area contributed by atoms with Crippen LogP contribution < -0.4 is 0 Å². The number of aromatic hydroxyl groups is 1. The van der Waals surface area contributed by atoms with Gasteiger partial charge >= 0.3 is 0 Å². The molecule has 0 amide bonds. The highest BCUT2D eigenvalue weighted by molar-refractivity contribution is 5.40. The number of likely N-dealkylation sites (N-methyl/N-ethyl adjacent to an activating group) is 1. The number of benzene rings is 1. The van der Waals surface area contributed by atoms with E-state index in [-0.39, 0.29) is 0 Å². The van der Waals surface area contributed by atoms with Gasteiger partial charge in [-0.1, -0.05) is 13.0 Å². The smallest absolute Gasteiger partial charge is 0.115 e. The number of nitrogens with zero attached hydrogens (tertiary/aromatic N) is 2. The van der Waals surface area contributed by atoms with Crippen molar-refractivity contribution in [1.82, 2.24) is 9.80 Å². The molecule has 1 saturated heterocycles. The number of piperazine rings is 1. The van der Waals surface area contributed by atoms with Crippen LogP contribution in [-0.4, -0.2) is 47.6 Å². The molecule has 3 rings (SSSR count). The second kappa shape index (κ2) is 5.14. The van der Waals surface area contributed by atoms with Crippen LogP contribution in [0.4, 0.5) is 0 Å². The lowest BCUT2D eigenvalue weighted by Gasteiger charge is -2.42. The van der Waals surface area contributed by atoms with Crippen molar-refractivity contribution in [2.75, 3.05) is 26.7 Å². The minimum atomic E-state index is 0.407. The Morgan fingerprint density at radius 3 is 2.95 bits per heavy atom. The van der Waals surface area contributed by atoms with Gasteiger partial charge in [-0.2, -0.15) is 0 Å². The number of rotatable bonds is 2. The van der Waals surface area contributed by atoms with E-state index in [1.54, 1.807) is 0 Å². The fourth-order valence-corrected chi connectivity index (χ4v) is 3.65.